The van der Waals surface area contributed by atoms with E-state index >= 15 is 0 Å². The van der Waals surface area contributed by atoms with Crippen LogP contribution in [0, 0.1) is 11.3 Å². The fraction of sp³-hybridized carbons (Fsp3) is 0.267. The molecule has 0 spiro atoms. The molecule has 3 fully saturated rings. The highest BCUT2D eigenvalue weighted by molar-refractivity contribution is 7.90. The Labute approximate surface area is 247 Å². The van der Waals surface area contributed by atoms with Crippen LogP contribution in [-0.4, -0.2) is 72.1 Å². The van der Waals surface area contributed by atoms with E-state index in [-0.39, 0.29) is 5.57 Å². The number of rotatable bonds is 8. The number of fused-ring (bicyclic) bond motifs is 3. The van der Waals surface area contributed by atoms with E-state index in [4.69, 9.17) is 10.7 Å². The number of hydrogen-bond acceptors (Lipinski definition) is 9. The number of aromatic nitrogens is 3. The summed E-state index contributed by atoms with van der Waals surface area (Å²) in [5, 5.41) is 14.0. The number of benzene rings is 1. The largest absolute Gasteiger partial charge is 0.404 e. The number of allylic oxidation sites excluding steroid dienone is 1. The number of nitriles is 1. The molecule has 2 atom stereocenters. The van der Waals surface area contributed by atoms with Gasteiger partial charge in [-0.1, -0.05) is 12.1 Å². The van der Waals surface area contributed by atoms with E-state index in [9.17, 15) is 22.5 Å². The number of piperazine rings is 1. The Bertz CT molecular complexity index is 1890. The molecule has 0 aliphatic carbocycles. The summed E-state index contributed by atoms with van der Waals surface area (Å²) in [5.74, 6) is 0.824. The van der Waals surface area contributed by atoms with E-state index in [0.717, 1.165) is 42.7 Å². The van der Waals surface area contributed by atoms with Gasteiger partial charge in [0.1, 0.15) is 11.9 Å². The first-order valence-electron chi connectivity index (χ1n) is 13.6. The van der Waals surface area contributed by atoms with Gasteiger partial charge in [-0.05, 0) is 42.3 Å². The Hall–Kier alpha value is -4.67. The van der Waals surface area contributed by atoms with Crippen molar-refractivity contribution < 1.29 is 17.2 Å². The van der Waals surface area contributed by atoms with Gasteiger partial charge in [-0.2, -0.15) is 19.1 Å². The molecule has 13 heteroatoms. The van der Waals surface area contributed by atoms with Crippen LogP contribution in [0.1, 0.15) is 23.1 Å². The lowest BCUT2D eigenvalue weighted by molar-refractivity contribution is -0.00872. The molecule has 3 aromatic heterocycles. The average molecular weight is 603 g/mol. The quantitative estimate of drug-likeness (QED) is 0.238. The number of anilines is 1. The summed E-state index contributed by atoms with van der Waals surface area (Å²) >= 11 is 0. The highest BCUT2D eigenvalue weighted by Crippen LogP contribution is 2.36. The van der Waals surface area contributed by atoms with Gasteiger partial charge in [-0.25, -0.2) is 22.9 Å². The molecule has 3 saturated heterocycles. The second-order valence-electron chi connectivity index (χ2n) is 10.7. The van der Waals surface area contributed by atoms with Crippen molar-refractivity contribution in [2.24, 2.45) is 10.7 Å². The summed E-state index contributed by atoms with van der Waals surface area (Å²) in [7, 11) is -3.26. The summed E-state index contributed by atoms with van der Waals surface area (Å²) in [6.07, 6.45) is 9.30. The Balaban J connectivity index is 1.23. The van der Waals surface area contributed by atoms with E-state index in [1.165, 1.54) is 23.2 Å². The Kier molecular flexibility index (Phi) is 7.41. The highest BCUT2D eigenvalue weighted by Gasteiger charge is 2.44. The first-order valence-corrected chi connectivity index (χ1v) is 15.4. The van der Waals surface area contributed by atoms with Gasteiger partial charge in [0.25, 0.3) is 0 Å². The summed E-state index contributed by atoms with van der Waals surface area (Å²) in [5.41, 5.74) is 9.80. The van der Waals surface area contributed by atoms with Crippen molar-refractivity contribution in [3.05, 3.63) is 83.9 Å². The maximum atomic E-state index is 12.7. The summed E-state index contributed by atoms with van der Waals surface area (Å²) in [6.45, 7) is -0.587. The molecule has 0 amide bonds. The van der Waals surface area contributed by atoms with Gasteiger partial charge in [0.15, 0.2) is 9.84 Å². The van der Waals surface area contributed by atoms with Crippen LogP contribution in [0.25, 0.3) is 22.2 Å². The molecule has 2 N–H and O–H groups in total. The number of alkyl halides is 2. The fourth-order valence-electron chi connectivity index (χ4n) is 5.88. The number of aliphatic imine (C=N–C) groups is 1. The SMILES string of the molecule is CS(=O)(=O)c1cccc(CN2C3CC2CN(c2ccc(-c4cc(C(C=NC(F)F)=CN)cn5ncc(C#N)c45)cn2)C3)c1. The first kappa shape index (κ1) is 28.4. The molecule has 10 nitrogen and oxygen atoms in total. The van der Waals surface area contributed by atoms with Crippen LogP contribution < -0.4 is 10.6 Å². The van der Waals surface area contributed by atoms with Gasteiger partial charge in [0.2, 0.25) is 0 Å². The molecule has 6 heterocycles. The van der Waals surface area contributed by atoms with E-state index in [1.54, 1.807) is 36.7 Å². The Morgan fingerprint density at radius 2 is 2.00 bits per heavy atom. The van der Waals surface area contributed by atoms with Crippen LogP contribution >= 0.6 is 0 Å². The molecule has 4 aromatic rings. The smallest absolute Gasteiger partial charge is 0.331 e. The summed E-state index contributed by atoms with van der Waals surface area (Å²) in [4.78, 5) is 12.9. The second-order valence-corrected chi connectivity index (χ2v) is 12.7. The summed E-state index contributed by atoms with van der Waals surface area (Å²) in [6, 6.07) is 15.6. The van der Waals surface area contributed by atoms with Crippen LogP contribution in [0.5, 0.6) is 0 Å². The number of halogens is 2. The van der Waals surface area contributed by atoms with E-state index in [1.807, 2.05) is 18.2 Å². The number of nitrogens with zero attached hydrogens (tertiary/aromatic N) is 7. The van der Waals surface area contributed by atoms with Gasteiger partial charge >= 0.3 is 6.55 Å². The molecular formula is C30H28F2N8O2S. The molecule has 1 aromatic carbocycles. The van der Waals surface area contributed by atoms with E-state index in [2.05, 4.69) is 26.0 Å². The van der Waals surface area contributed by atoms with Gasteiger partial charge in [-0.15, -0.1) is 0 Å². The normalized spacial score (nSPS) is 19.2. The molecule has 2 bridgehead atoms. The van der Waals surface area contributed by atoms with Crippen molar-refractivity contribution in [3.8, 4) is 17.2 Å². The number of piperidine rings is 1. The molecular weight excluding hydrogens is 574 g/mol. The predicted octanol–water partition coefficient (Wildman–Crippen LogP) is 3.73. The topological polar surface area (TPSA) is 133 Å². The van der Waals surface area contributed by atoms with E-state index in [0.29, 0.717) is 45.7 Å². The lowest BCUT2D eigenvalue weighted by atomic mass is 9.86. The minimum Gasteiger partial charge on any atom is -0.404 e. The van der Waals surface area contributed by atoms with Gasteiger partial charge < -0.3 is 10.6 Å². The number of hydrogen-bond donors (Lipinski definition) is 1. The van der Waals surface area contributed by atoms with Crippen molar-refractivity contribution in [1.29, 1.82) is 5.26 Å². The molecule has 3 aliphatic heterocycles. The van der Waals surface area contributed by atoms with Gasteiger partial charge in [0, 0.05) is 85.0 Å². The molecule has 220 valence electrons. The molecule has 2 unspecified atom stereocenters. The molecule has 0 radical (unpaired) electrons. The maximum Gasteiger partial charge on any atom is 0.331 e. The van der Waals surface area contributed by atoms with Gasteiger partial charge in [0.05, 0.1) is 22.2 Å². The van der Waals surface area contributed by atoms with Crippen LogP contribution in [0.4, 0.5) is 14.6 Å². The Morgan fingerprint density at radius 1 is 1.21 bits per heavy atom. The van der Waals surface area contributed by atoms with Crippen molar-refractivity contribution in [2.45, 2.75) is 36.5 Å². The average Bonchev–Trinajstić information content (AvgIpc) is 3.43. The first-order chi connectivity index (χ1) is 20.6. The Morgan fingerprint density at radius 3 is 2.65 bits per heavy atom. The fourth-order valence-corrected chi connectivity index (χ4v) is 6.57. The monoisotopic (exact) mass is 602 g/mol. The minimum absolute atomic E-state index is 0.280. The minimum atomic E-state index is -3.26. The molecule has 3 aliphatic rings. The number of nitrogens with two attached hydrogens (primary N) is 1. The summed E-state index contributed by atoms with van der Waals surface area (Å²) < 4.78 is 50.9. The molecule has 7 rings (SSSR count). The standard InChI is InChI=1S/C30H28F2N8O2S/c1-43(41,42)26-4-2-3-19(7-26)15-39-24-9-25(39)18-38(17-24)28-6-5-20(12-35-28)27-8-21(22(10-33)13-36-30(31)32)16-40-29(27)23(11-34)14-37-40/h2-8,10,12-14,16,24-25,30H,9,15,17-18,33H2,1H3. The van der Waals surface area contributed by atoms with Crippen LogP contribution in [-0.2, 0) is 16.4 Å². The van der Waals surface area contributed by atoms with Crippen molar-refractivity contribution in [3.63, 3.8) is 0 Å². The third kappa shape index (κ3) is 5.59. The van der Waals surface area contributed by atoms with Crippen LogP contribution in [0.2, 0.25) is 0 Å². The van der Waals surface area contributed by atoms with Crippen molar-refractivity contribution in [2.75, 3.05) is 24.2 Å². The lowest BCUT2D eigenvalue weighted by Crippen LogP contribution is -2.68. The van der Waals surface area contributed by atoms with Crippen molar-refractivity contribution in [1.82, 2.24) is 19.5 Å². The van der Waals surface area contributed by atoms with Crippen LogP contribution in [0.3, 0.4) is 0 Å². The van der Waals surface area contributed by atoms with Crippen LogP contribution in [0.15, 0.2) is 77.1 Å². The maximum absolute atomic E-state index is 12.7. The number of pyridine rings is 2. The molecule has 43 heavy (non-hydrogen) atoms. The zero-order chi connectivity index (χ0) is 30.3. The van der Waals surface area contributed by atoms with E-state index < -0.39 is 16.4 Å². The lowest BCUT2D eigenvalue weighted by Gasteiger charge is -2.56. The zero-order valence-corrected chi connectivity index (χ0v) is 24.0. The zero-order valence-electron chi connectivity index (χ0n) is 23.2. The van der Waals surface area contributed by atoms with Crippen molar-refractivity contribution >= 4 is 33.0 Å². The highest BCUT2D eigenvalue weighted by atomic mass is 32.2. The second kappa shape index (κ2) is 11.2. The third-order valence-corrected chi connectivity index (χ3v) is 9.10. The predicted molar refractivity (Wildman–Crippen MR) is 159 cm³/mol. The molecule has 0 saturated carbocycles. The number of sulfone groups is 1. The third-order valence-electron chi connectivity index (χ3n) is 7.99. The van der Waals surface area contributed by atoms with Gasteiger partial charge in [-0.3, -0.25) is 4.90 Å².